The van der Waals surface area contributed by atoms with Crippen molar-refractivity contribution < 1.29 is 4.79 Å². The van der Waals surface area contributed by atoms with Gasteiger partial charge in [0.1, 0.15) is 0 Å². The number of Topliss-reactive ketones (excluding diaryl/α,β-unsaturated/α-hetero) is 1. The van der Waals surface area contributed by atoms with E-state index in [1.165, 1.54) is 0 Å². The Bertz CT molecular complexity index is 549. The Balaban J connectivity index is 1.73. The van der Waals surface area contributed by atoms with Crippen molar-refractivity contribution in [3.8, 4) is 0 Å². The minimum absolute atomic E-state index is 0.155. The molecule has 0 spiro atoms. The van der Waals surface area contributed by atoms with Crippen LogP contribution < -0.4 is 0 Å². The monoisotopic (exact) mass is 270 g/mol. The summed E-state index contributed by atoms with van der Waals surface area (Å²) in [6, 6.07) is 9.62. The molecule has 0 radical (unpaired) electrons. The van der Waals surface area contributed by atoms with Crippen LogP contribution in [0.15, 0.2) is 30.3 Å². The van der Waals surface area contributed by atoms with E-state index in [1.807, 2.05) is 37.3 Å². The van der Waals surface area contributed by atoms with Crippen molar-refractivity contribution in [1.29, 1.82) is 5.41 Å². The molecule has 3 rings (SSSR count). The van der Waals surface area contributed by atoms with E-state index in [0.717, 1.165) is 12.1 Å². The molecule has 1 aliphatic carbocycles. The summed E-state index contributed by atoms with van der Waals surface area (Å²) in [4.78, 5) is 14.5. The van der Waals surface area contributed by atoms with Gasteiger partial charge in [0, 0.05) is 17.8 Å². The lowest BCUT2D eigenvalue weighted by atomic mass is 9.98. The molecule has 20 heavy (non-hydrogen) atoms. The number of nitrogens with zero attached hydrogens (tertiary/aromatic N) is 1. The van der Waals surface area contributed by atoms with Gasteiger partial charge in [-0.3, -0.25) is 9.69 Å². The van der Waals surface area contributed by atoms with Crippen molar-refractivity contribution >= 4 is 11.5 Å². The Morgan fingerprint density at radius 2 is 2.00 bits per heavy atom. The lowest BCUT2D eigenvalue weighted by molar-refractivity contribution is 0.0915. The molecule has 0 bridgehead atoms. The Morgan fingerprint density at radius 3 is 2.60 bits per heavy atom. The minimum Gasteiger partial charge on any atom is -0.308 e. The van der Waals surface area contributed by atoms with Gasteiger partial charge in [-0.25, -0.2) is 0 Å². The van der Waals surface area contributed by atoms with Gasteiger partial charge in [0.05, 0.1) is 12.6 Å². The van der Waals surface area contributed by atoms with E-state index in [4.69, 9.17) is 5.41 Å². The number of hydrogen-bond acceptors (Lipinski definition) is 3. The van der Waals surface area contributed by atoms with E-state index in [2.05, 4.69) is 18.7 Å². The molecule has 1 aromatic carbocycles. The van der Waals surface area contributed by atoms with Gasteiger partial charge < -0.3 is 5.41 Å². The predicted octanol–water partition coefficient (Wildman–Crippen LogP) is 2.87. The molecule has 3 nitrogen and oxygen atoms in total. The van der Waals surface area contributed by atoms with Gasteiger partial charge in [-0.2, -0.15) is 0 Å². The molecule has 2 fully saturated rings. The van der Waals surface area contributed by atoms with Crippen molar-refractivity contribution in [3.63, 3.8) is 0 Å². The fourth-order valence-electron chi connectivity index (χ4n) is 3.96. The molecule has 1 N–H and O–H groups in total. The van der Waals surface area contributed by atoms with Crippen LogP contribution in [0.3, 0.4) is 0 Å². The Kier molecular flexibility index (Phi) is 3.05. The molecular weight excluding hydrogens is 248 g/mol. The van der Waals surface area contributed by atoms with Crippen LogP contribution in [-0.4, -0.2) is 35.5 Å². The number of benzene rings is 1. The van der Waals surface area contributed by atoms with Gasteiger partial charge in [-0.1, -0.05) is 44.2 Å². The van der Waals surface area contributed by atoms with E-state index in [-0.39, 0.29) is 11.8 Å². The number of ketones is 1. The van der Waals surface area contributed by atoms with Crippen LogP contribution in [0.2, 0.25) is 0 Å². The lowest BCUT2D eigenvalue weighted by Gasteiger charge is -2.29. The van der Waals surface area contributed by atoms with Gasteiger partial charge in [0.2, 0.25) is 0 Å². The zero-order valence-electron chi connectivity index (χ0n) is 12.4. The quantitative estimate of drug-likeness (QED) is 0.675. The van der Waals surface area contributed by atoms with Gasteiger partial charge in [0.15, 0.2) is 5.78 Å². The Morgan fingerprint density at radius 1 is 1.35 bits per heavy atom. The van der Waals surface area contributed by atoms with Crippen molar-refractivity contribution in [2.45, 2.75) is 26.8 Å². The van der Waals surface area contributed by atoms with Gasteiger partial charge >= 0.3 is 0 Å². The highest BCUT2D eigenvalue weighted by Crippen LogP contribution is 2.64. The van der Waals surface area contributed by atoms with Crippen LogP contribution in [0, 0.1) is 22.7 Å². The van der Waals surface area contributed by atoms with Crippen molar-refractivity contribution in [2.75, 3.05) is 13.1 Å². The molecule has 1 saturated heterocycles. The van der Waals surface area contributed by atoms with E-state index in [1.54, 1.807) is 0 Å². The molecule has 1 heterocycles. The van der Waals surface area contributed by atoms with Crippen LogP contribution >= 0.6 is 0 Å². The third kappa shape index (κ3) is 2.01. The van der Waals surface area contributed by atoms with Gasteiger partial charge in [0.25, 0.3) is 0 Å². The number of likely N-dealkylation sites (tertiary alicyclic amines) is 1. The average Bonchev–Trinajstić information content (AvgIpc) is 2.77. The summed E-state index contributed by atoms with van der Waals surface area (Å²) in [5.74, 6) is 1.37. The molecule has 1 aliphatic heterocycles. The Hall–Kier alpha value is -1.48. The minimum atomic E-state index is 0.155. The van der Waals surface area contributed by atoms with Crippen molar-refractivity contribution in [3.05, 3.63) is 35.9 Å². The SMILES string of the molecule is CC(=N)[C@@H]1[C@@H]2[C@H](CN1CC(=O)c1ccccc1)C2(C)C. The van der Waals surface area contributed by atoms with Crippen molar-refractivity contribution in [1.82, 2.24) is 4.90 Å². The highest BCUT2D eigenvalue weighted by molar-refractivity contribution is 5.98. The highest BCUT2D eigenvalue weighted by atomic mass is 16.1. The normalized spacial score (nSPS) is 30.9. The predicted molar refractivity (Wildman–Crippen MR) is 80.3 cm³/mol. The third-order valence-electron chi connectivity index (χ3n) is 5.19. The fourth-order valence-corrected chi connectivity index (χ4v) is 3.96. The smallest absolute Gasteiger partial charge is 0.176 e. The zero-order valence-corrected chi connectivity index (χ0v) is 12.4. The molecule has 2 aliphatic rings. The second-order valence-electron chi connectivity index (χ2n) is 6.80. The first-order valence-corrected chi connectivity index (χ1v) is 7.30. The van der Waals surface area contributed by atoms with Crippen LogP contribution in [0.4, 0.5) is 0 Å². The molecule has 106 valence electrons. The topological polar surface area (TPSA) is 44.2 Å². The summed E-state index contributed by atoms with van der Waals surface area (Å²) in [6.45, 7) is 7.84. The summed E-state index contributed by atoms with van der Waals surface area (Å²) in [5, 5.41) is 8.05. The number of rotatable bonds is 4. The molecule has 3 heteroatoms. The summed E-state index contributed by atoms with van der Waals surface area (Å²) >= 11 is 0. The number of nitrogens with one attached hydrogen (secondary N) is 1. The van der Waals surface area contributed by atoms with Gasteiger partial charge in [-0.05, 0) is 24.2 Å². The summed E-state index contributed by atoms with van der Waals surface area (Å²) in [5.41, 5.74) is 1.82. The highest BCUT2D eigenvalue weighted by Gasteiger charge is 2.66. The van der Waals surface area contributed by atoms with Crippen LogP contribution in [-0.2, 0) is 0 Å². The van der Waals surface area contributed by atoms with Crippen LogP contribution in [0.5, 0.6) is 0 Å². The number of piperidine rings is 1. The maximum atomic E-state index is 12.3. The van der Waals surface area contributed by atoms with Crippen LogP contribution in [0.25, 0.3) is 0 Å². The standard InChI is InChI=1S/C17H22N2O/c1-11(18)16-15-13(17(15,2)3)9-19(16)10-14(20)12-7-5-4-6-8-12/h4-8,13,15-16,18H,9-10H2,1-3H3/t13-,15-,16+/m0/s1. The molecule has 0 unspecified atom stereocenters. The maximum Gasteiger partial charge on any atom is 0.176 e. The first-order chi connectivity index (χ1) is 9.43. The molecule has 1 aromatic rings. The third-order valence-corrected chi connectivity index (χ3v) is 5.19. The summed E-state index contributed by atoms with van der Waals surface area (Å²) < 4.78 is 0. The molecular formula is C17H22N2O. The molecule has 1 saturated carbocycles. The summed E-state index contributed by atoms with van der Waals surface area (Å²) in [7, 11) is 0. The molecule has 0 aromatic heterocycles. The fraction of sp³-hybridized carbons (Fsp3) is 0.529. The number of hydrogen-bond donors (Lipinski definition) is 1. The second kappa shape index (κ2) is 4.52. The molecule has 3 atom stereocenters. The first kappa shape index (κ1) is 13.5. The van der Waals surface area contributed by atoms with E-state index < -0.39 is 0 Å². The van der Waals surface area contributed by atoms with E-state index in [9.17, 15) is 4.79 Å². The first-order valence-electron chi connectivity index (χ1n) is 7.30. The lowest BCUT2D eigenvalue weighted by Crippen LogP contribution is -2.43. The van der Waals surface area contributed by atoms with Crippen LogP contribution in [0.1, 0.15) is 31.1 Å². The number of carbonyl (C=O) groups is 1. The van der Waals surface area contributed by atoms with Gasteiger partial charge in [-0.15, -0.1) is 0 Å². The van der Waals surface area contributed by atoms with E-state index in [0.29, 0.717) is 29.5 Å². The largest absolute Gasteiger partial charge is 0.308 e. The second-order valence-corrected chi connectivity index (χ2v) is 6.80. The zero-order chi connectivity index (χ0) is 14.5. The maximum absolute atomic E-state index is 12.3. The Labute approximate surface area is 120 Å². The number of fused-ring (bicyclic) bond motifs is 1. The van der Waals surface area contributed by atoms with Crippen molar-refractivity contribution in [2.24, 2.45) is 17.3 Å². The molecule has 0 amide bonds. The average molecular weight is 270 g/mol. The summed E-state index contributed by atoms with van der Waals surface area (Å²) in [6.07, 6.45) is 0. The number of carbonyl (C=O) groups excluding carboxylic acids is 1. The van der Waals surface area contributed by atoms with E-state index >= 15 is 0 Å².